The lowest BCUT2D eigenvalue weighted by molar-refractivity contribution is -0.162. The smallest absolute Gasteiger partial charge is 0.336 e. The lowest BCUT2D eigenvalue weighted by Crippen LogP contribution is -2.34. The minimum atomic E-state index is -0.888. The fourth-order valence-corrected chi connectivity index (χ4v) is 3.50. The molecule has 0 aliphatic carbocycles. The summed E-state index contributed by atoms with van der Waals surface area (Å²) in [5.74, 6) is -0.838. The Labute approximate surface area is 157 Å². The topological polar surface area (TPSA) is 64.6 Å². The van der Waals surface area contributed by atoms with Gasteiger partial charge < -0.3 is 14.8 Å². The highest BCUT2D eigenvalue weighted by molar-refractivity contribution is 7.99. The van der Waals surface area contributed by atoms with E-state index in [0.717, 1.165) is 16.2 Å². The molecule has 26 heavy (non-hydrogen) atoms. The van der Waals surface area contributed by atoms with Gasteiger partial charge in [0.05, 0.1) is 5.69 Å². The Morgan fingerprint density at radius 1 is 1.15 bits per heavy atom. The Balaban J connectivity index is 1.62. The molecule has 5 nitrogen and oxygen atoms in total. The maximum absolute atomic E-state index is 12.4. The van der Waals surface area contributed by atoms with Crippen molar-refractivity contribution in [3.8, 4) is 0 Å². The van der Waals surface area contributed by atoms with Crippen LogP contribution in [0.25, 0.3) is 0 Å². The quantitative estimate of drug-likeness (QED) is 0.781. The molecule has 0 saturated carbocycles. The molecule has 1 aliphatic heterocycles. The number of carbonyl (C=O) groups excluding carboxylic acids is 2. The van der Waals surface area contributed by atoms with E-state index in [1.54, 1.807) is 18.7 Å². The van der Waals surface area contributed by atoms with Crippen LogP contribution in [0.3, 0.4) is 0 Å². The number of para-hydroxylation sites is 1. The van der Waals surface area contributed by atoms with Crippen molar-refractivity contribution in [2.24, 2.45) is 0 Å². The maximum Gasteiger partial charge on any atom is 0.336 e. The van der Waals surface area contributed by atoms with E-state index in [1.807, 2.05) is 54.6 Å². The summed E-state index contributed by atoms with van der Waals surface area (Å²) in [7, 11) is 0. The van der Waals surface area contributed by atoms with Crippen molar-refractivity contribution in [1.82, 2.24) is 0 Å². The minimum Gasteiger partial charge on any atom is -0.451 e. The van der Waals surface area contributed by atoms with Gasteiger partial charge in [0, 0.05) is 16.4 Å². The highest BCUT2D eigenvalue weighted by Gasteiger charge is 2.28. The van der Waals surface area contributed by atoms with Crippen molar-refractivity contribution in [1.29, 1.82) is 0 Å². The summed E-state index contributed by atoms with van der Waals surface area (Å²) >= 11 is 1.56. The Morgan fingerprint density at radius 2 is 1.88 bits per heavy atom. The van der Waals surface area contributed by atoms with Crippen LogP contribution in [0.5, 0.6) is 0 Å². The zero-order valence-corrected chi connectivity index (χ0v) is 15.3. The first-order valence-corrected chi connectivity index (χ1v) is 9.40. The molecule has 0 radical (unpaired) electrons. The third kappa shape index (κ3) is 4.86. The summed E-state index contributed by atoms with van der Waals surface area (Å²) in [6, 6.07) is 17.5. The molecule has 1 heterocycles. The summed E-state index contributed by atoms with van der Waals surface area (Å²) < 4.78 is 10.5. The SMILES string of the molecule is C[C@H](OC(=O)[C@H]1CCCO1)C(=O)Nc1ccccc1Sc1ccccc1. The fourth-order valence-electron chi connectivity index (χ4n) is 2.58. The van der Waals surface area contributed by atoms with Crippen LogP contribution in [0.2, 0.25) is 0 Å². The van der Waals surface area contributed by atoms with Crippen LogP contribution in [0.1, 0.15) is 19.8 Å². The predicted molar refractivity (Wildman–Crippen MR) is 100 cm³/mol. The lowest BCUT2D eigenvalue weighted by atomic mass is 10.2. The fraction of sp³-hybridized carbons (Fsp3) is 0.300. The lowest BCUT2D eigenvalue weighted by Gasteiger charge is -2.17. The summed E-state index contributed by atoms with van der Waals surface area (Å²) in [5.41, 5.74) is 0.686. The van der Waals surface area contributed by atoms with Crippen LogP contribution in [-0.2, 0) is 19.1 Å². The molecule has 2 aromatic rings. The number of carbonyl (C=O) groups is 2. The van der Waals surface area contributed by atoms with Crippen molar-refractivity contribution >= 4 is 29.3 Å². The average Bonchev–Trinajstić information content (AvgIpc) is 3.19. The number of hydrogen-bond donors (Lipinski definition) is 1. The van der Waals surface area contributed by atoms with Gasteiger partial charge in [0.1, 0.15) is 0 Å². The molecule has 1 N–H and O–H groups in total. The van der Waals surface area contributed by atoms with Gasteiger partial charge in [-0.15, -0.1) is 0 Å². The molecule has 1 saturated heterocycles. The van der Waals surface area contributed by atoms with Crippen molar-refractivity contribution in [2.45, 2.75) is 41.8 Å². The van der Waals surface area contributed by atoms with Gasteiger partial charge >= 0.3 is 5.97 Å². The van der Waals surface area contributed by atoms with E-state index in [4.69, 9.17) is 9.47 Å². The standard InChI is InChI=1S/C20H21NO4S/c1-14(25-20(23)17-11-7-13-24-17)19(22)21-16-10-5-6-12-18(16)26-15-8-3-2-4-9-15/h2-6,8-10,12,14,17H,7,11,13H2,1H3,(H,21,22)/t14-,17+/m0/s1. The Kier molecular flexibility index (Phi) is 6.30. The third-order valence-electron chi connectivity index (χ3n) is 3.97. The normalized spacial score (nSPS) is 17.5. The third-order valence-corrected chi connectivity index (χ3v) is 5.05. The number of hydrogen-bond acceptors (Lipinski definition) is 5. The van der Waals surface area contributed by atoms with Gasteiger partial charge in [-0.25, -0.2) is 4.79 Å². The Morgan fingerprint density at radius 3 is 2.62 bits per heavy atom. The minimum absolute atomic E-state index is 0.363. The van der Waals surface area contributed by atoms with E-state index in [-0.39, 0.29) is 5.91 Å². The molecule has 0 spiro atoms. The second-order valence-electron chi connectivity index (χ2n) is 5.98. The number of rotatable bonds is 6. The number of amides is 1. The van der Waals surface area contributed by atoms with E-state index in [0.29, 0.717) is 18.7 Å². The number of ether oxygens (including phenoxy) is 2. The number of benzene rings is 2. The second-order valence-corrected chi connectivity index (χ2v) is 7.10. The van der Waals surface area contributed by atoms with Gasteiger partial charge in [0.15, 0.2) is 12.2 Å². The second kappa shape index (κ2) is 8.87. The first kappa shape index (κ1) is 18.5. The van der Waals surface area contributed by atoms with Crippen LogP contribution in [0.15, 0.2) is 64.4 Å². The van der Waals surface area contributed by atoms with Crippen LogP contribution >= 0.6 is 11.8 Å². The predicted octanol–water partition coefficient (Wildman–Crippen LogP) is 3.89. The zero-order chi connectivity index (χ0) is 18.4. The van der Waals surface area contributed by atoms with Crippen LogP contribution in [0.4, 0.5) is 5.69 Å². The molecular formula is C20H21NO4S. The maximum atomic E-state index is 12.4. The molecule has 2 atom stereocenters. The van der Waals surface area contributed by atoms with Gasteiger partial charge in [-0.3, -0.25) is 4.79 Å². The van der Waals surface area contributed by atoms with E-state index in [2.05, 4.69) is 5.32 Å². The molecule has 3 rings (SSSR count). The van der Waals surface area contributed by atoms with E-state index < -0.39 is 18.2 Å². The van der Waals surface area contributed by atoms with E-state index >= 15 is 0 Å². The average molecular weight is 371 g/mol. The van der Waals surface area contributed by atoms with Crippen molar-refractivity contribution in [2.75, 3.05) is 11.9 Å². The number of esters is 1. The molecule has 1 fully saturated rings. The highest BCUT2D eigenvalue weighted by Crippen LogP contribution is 2.33. The molecule has 1 aliphatic rings. The molecule has 6 heteroatoms. The van der Waals surface area contributed by atoms with E-state index in [9.17, 15) is 9.59 Å². The van der Waals surface area contributed by atoms with Crippen molar-refractivity contribution in [3.05, 3.63) is 54.6 Å². The molecule has 1 amide bonds. The molecule has 0 bridgehead atoms. The molecular weight excluding hydrogens is 350 g/mol. The Bertz CT molecular complexity index is 759. The highest BCUT2D eigenvalue weighted by atomic mass is 32.2. The largest absolute Gasteiger partial charge is 0.451 e. The van der Waals surface area contributed by atoms with Gasteiger partial charge in [0.2, 0.25) is 0 Å². The summed E-state index contributed by atoms with van der Waals surface area (Å²) in [4.78, 5) is 26.4. The van der Waals surface area contributed by atoms with Gasteiger partial charge in [-0.1, -0.05) is 42.1 Å². The zero-order valence-electron chi connectivity index (χ0n) is 14.5. The first-order chi connectivity index (χ1) is 12.6. The van der Waals surface area contributed by atoms with Gasteiger partial charge in [-0.05, 0) is 44.0 Å². The van der Waals surface area contributed by atoms with Crippen molar-refractivity contribution < 1.29 is 19.1 Å². The van der Waals surface area contributed by atoms with Crippen LogP contribution < -0.4 is 5.32 Å². The number of anilines is 1. The Hall–Kier alpha value is -2.31. The van der Waals surface area contributed by atoms with Crippen molar-refractivity contribution in [3.63, 3.8) is 0 Å². The molecule has 136 valence electrons. The molecule has 2 aromatic carbocycles. The summed E-state index contributed by atoms with van der Waals surface area (Å²) in [6.07, 6.45) is 0.0429. The van der Waals surface area contributed by atoms with Crippen LogP contribution in [-0.4, -0.2) is 30.7 Å². The summed E-state index contributed by atoms with van der Waals surface area (Å²) in [5, 5.41) is 2.85. The van der Waals surface area contributed by atoms with Gasteiger partial charge in [0.25, 0.3) is 5.91 Å². The molecule has 0 unspecified atom stereocenters. The van der Waals surface area contributed by atoms with Gasteiger partial charge in [-0.2, -0.15) is 0 Å². The molecule has 0 aromatic heterocycles. The summed E-state index contributed by atoms with van der Waals surface area (Å²) in [6.45, 7) is 2.12. The monoisotopic (exact) mass is 371 g/mol. The first-order valence-electron chi connectivity index (χ1n) is 8.58. The van der Waals surface area contributed by atoms with Crippen LogP contribution in [0, 0.1) is 0 Å². The number of nitrogens with one attached hydrogen (secondary N) is 1. The van der Waals surface area contributed by atoms with E-state index in [1.165, 1.54) is 0 Å².